The highest BCUT2D eigenvalue weighted by Gasteiger charge is 2.36. The molecule has 0 aromatic carbocycles. The van der Waals surface area contributed by atoms with Crippen LogP contribution in [0.1, 0.15) is 0 Å². The van der Waals surface area contributed by atoms with Crippen LogP contribution >= 0.6 is 0 Å². The Morgan fingerprint density at radius 3 is 1.35 bits per heavy atom. The van der Waals surface area contributed by atoms with E-state index in [9.17, 15) is 4.80 Å². The van der Waals surface area contributed by atoms with E-state index < -0.39 is 33.3 Å². The van der Waals surface area contributed by atoms with E-state index in [-0.39, 0.29) is 0 Å². The van der Waals surface area contributed by atoms with Crippen LogP contribution in [0.5, 0.6) is 0 Å². The lowest BCUT2D eigenvalue weighted by molar-refractivity contribution is -0.150. The molecular formula is C12H34O4Si4. The number of hydrogen-bond donors (Lipinski definition) is 2. The second kappa shape index (κ2) is 7.31. The predicted molar refractivity (Wildman–Crippen MR) is 96.2 cm³/mol. The SMILES string of the molecule is C[Si](C)(O)CC[Si](C)(C)O[Si](C)(C)CC[Si](C)(C)OO. The molecule has 0 aliphatic carbocycles. The zero-order chi connectivity index (χ0) is 16.2. The molecule has 20 heavy (non-hydrogen) atoms. The van der Waals surface area contributed by atoms with E-state index in [4.69, 9.17) is 9.37 Å². The fourth-order valence-corrected chi connectivity index (χ4v) is 18.7. The standard InChI is InChI=1S/C12H34O4Si4/c1-17(2,14)9-10-19(5,6)16-20(7,8)12-11-18(3,4)15-13/h13-14H,9-12H2,1-8H3. The Morgan fingerprint density at radius 2 is 1.00 bits per heavy atom. The first-order chi connectivity index (χ1) is 8.68. The minimum absolute atomic E-state index is 0.927. The van der Waals surface area contributed by atoms with Gasteiger partial charge in [0.2, 0.25) is 8.32 Å². The molecule has 8 heteroatoms. The van der Waals surface area contributed by atoms with Crippen molar-refractivity contribution in [2.75, 3.05) is 0 Å². The van der Waals surface area contributed by atoms with Gasteiger partial charge in [-0.1, -0.05) is 0 Å². The molecule has 0 amide bonds. The van der Waals surface area contributed by atoms with Gasteiger partial charge in [0.1, 0.15) is 0 Å². The topological polar surface area (TPSA) is 58.9 Å². The van der Waals surface area contributed by atoms with Crippen molar-refractivity contribution < 1.29 is 18.7 Å². The Bertz CT molecular complexity index is 300. The van der Waals surface area contributed by atoms with Gasteiger partial charge in [0, 0.05) is 0 Å². The zero-order valence-electron chi connectivity index (χ0n) is 14.5. The van der Waals surface area contributed by atoms with E-state index >= 15 is 0 Å². The van der Waals surface area contributed by atoms with Crippen molar-refractivity contribution in [3.63, 3.8) is 0 Å². The van der Waals surface area contributed by atoms with Gasteiger partial charge in [-0.05, 0) is 76.6 Å². The summed E-state index contributed by atoms with van der Waals surface area (Å²) in [6.45, 7) is 17.1. The Balaban J connectivity index is 4.42. The smallest absolute Gasteiger partial charge is 0.232 e. The molecule has 0 atom stereocenters. The fraction of sp³-hybridized carbons (Fsp3) is 1.00. The number of rotatable bonds is 9. The largest absolute Gasteiger partial charge is 0.456 e. The van der Waals surface area contributed by atoms with Crippen LogP contribution in [-0.4, -0.2) is 43.3 Å². The van der Waals surface area contributed by atoms with Crippen molar-refractivity contribution in [2.45, 2.75) is 76.6 Å². The van der Waals surface area contributed by atoms with E-state index in [1.165, 1.54) is 0 Å². The van der Waals surface area contributed by atoms with E-state index in [1.54, 1.807) is 0 Å². The Labute approximate surface area is 129 Å². The maximum atomic E-state index is 10.00. The van der Waals surface area contributed by atoms with E-state index in [0.717, 1.165) is 24.2 Å². The molecule has 0 saturated heterocycles. The van der Waals surface area contributed by atoms with Gasteiger partial charge in [-0.15, -0.1) is 0 Å². The third-order valence-corrected chi connectivity index (χ3v) is 15.2. The van der Waals surface area contributed by atoms with Crippen molar-refractivity contribution in [1.82, 2.24) is 0 Å². The summed E-state index contributed by atoms with van der Waals surface area (Å²) >= 11 is 0. The van der Waals surface area contributed by atoms with Gasteiger partial charge in [0.15, 0.2) is 25.0 Å². The van der Waals surface area contributed by atoms with E-state index in [0.29, 0.717) is 0 Å². The molecule has 0 aromatic heterocycles. The summed E-state index contributed by atoms with van der Waals surface area (Å²) in [5.41, 5.74) is 0. The van der Waals surface area contributed by atoms with Gasteiger partial charge in [0.25, 0.3) is 0 Å². The average Bonchev–Trinajstić information content (AvgIpc) is 2.22. The molecule has 122 valence electrons. The molecule has 0 fully saturated rings. The van der Waals surface area contributed by atoms with Gasteiger partial charge >= 0.3 is 0 Å². The summed E-state index contributed by atoms with van der Waals surface area (Å²) in [7, 11) is -7.32. The highest BCUT2D eigenvalue weighted by Crippen LogP contribution is 2.28. The van der Waals surface area contributed by atoms with Crippen molar-refractivity contribution in [1.29, 1.82) is 0 Å². The summed E-state index contributed by atoms with van der Waals surface area (Å²) in [6, 6.07) is 3.93. The van der Waals surface area contributed by atoms with Crippen LogP contribution in [0.15, 0.2) is 0 Å². The third kappa shape index (κ3) is 10.4. The highest BCUT2D eigenvalue weighted by atomic mass is 28.4. The first kappa shape index (κ1) is 20.7. The third-order valence-electron chi connectivity index (χ3n) is 3.47. The summed E-state index contributed by atoms with van der Waals surface area (Å²) in [5.74, 6) is 0. The van der Waals surface area contributed by atoms with Gasteiger partial charge in [-0.2, -0.15) is 0 Å². The quantitative estimate of drug-likeness (QED) is 0.368. The van der Waals surface area contributed by atoms with Crippen LogP contribution < -0.4 is 0 Å². The maximum absolute atomic E-state index is 10.00. The molecule has 0 saturated carbocycles. The minimum atomic E-state index is -1.97. The lowest BCUT2D eigenvalue weighted by Crippen LogP contribution is -2.46. The zero-order valence-corrected chi connectivity index (χ0v) is 18.5. The first-order valence-corrected chi connectivity index (χ1v) is 19.9. The van der Waals surface area contributed by atoms with Crippen molar-refractivity contribution in [3.8, 4) is 0 Å². The van der Waals surface area contributed by atoms with Gasteiger partial charge in [0.05, 0.1) is 0 Å². The molecule has 4 nitrogen and oxygen atoms in total. The van der Waals surface area contributed by atoms with Gasteiger partial charge < -0.3 is 8.91 Å². The normalized spacial score (nSPS) is 14.7. The highest BCUT2D eigenvalue weighted by molar-refractivity contribution is 6.86. The van der Waals surface area contributed by atoms with Gasteiger partial charge in [-0.3, -0.25) is 9.83 Å². The Morgan fingerprint density at radius 1 is 0.650 bits per heavy atom. The summed E-state index contributed by atoms with van der Waals surface area (Å²) in [6.07, 6.45) is 0. The van der Waals surface area contributed by atoms with Crippen LogP contribution in [0, 0.1) is 0 Å². The second-order valence-corrected chi connectivity index (χ2v) is 25.5. The molecule has 0 aromatic rings. The lowest BCUT2D eigenvalue weighted by Gasteiger charge is -2.36. The van der Waals surface area contributed by atoms with Crippen molar-refractivity contribution in [3.05, 3.63) is 0 Å². The molecule has 0 radical (unpaired) electrons. The van der Waals surface area contributed by atoms with Crippen LogP contribution in [0.4, 0.5) is 0 Å². The average molecular weight is 355 g/mol. The van der Waals surface area contributed by atoms with E-state index in [2.05, 4.69) is 30.8 Å². The summed E-state index contributed by atoms with van der Waals surface area (Å²) < 4.78 is 11.2. The van der Waals surface area contributed by atoms with Crippen LogP contribution in [0.25, 0.3) is 0 Å². The second-order valence-electron chi connectivity index (χ2n) is 8.28. The van der Waals surface area contributed by atoms with Crippen molar-refractivity contribution in [2.24, 2.45) is 0 Å². The number of hydrogen-bond acceptors (Lipinski definition) is 4. The Hall–Kier alpha value is 0.708. The first-order valence-electron chi connectivity index (χ1n) is 7.43. The molecule has 0 unspecified atom stereocenters. The molecule has 0 heterocycles. The Kier molecular flexibility index (Phi) is 7.57. The monoisotopic (exact) mass is 354 g/mol. The van der Waals surface area contributed by atoms with Crippen LogP contribution in [0.2, 0.25) is 76.6 Å². The molecule has 0 aliphatic rings. The molecular weight excluding hydrogens is 320 g/mol. The fourth-order valence-electron chi connectivity index (χ4n) is 2.10. The van der Waals surface area contributed by atoms with E-state index in [1.807, 2.05) is 26.2 Å². The molecule has 0 aliphatic heterocycles. The maximum Gasteiger partial charge on any atom is 0.232 e. The van der Waals surface area contributed by atoms with Crippen LogP contribution in [0.3, 0.4) is 0 Å². The molecule has 0 rings (SSSR count). The van der Waals surface area contributed by atoms with Crippen molar-refractivity contribution >= 4 is 33.3 Å². The summed E-state index contributed by atoms with van der Waals surface area (Å²) in [5, 5.41) is 8.92. The van der Waals surface area contributed by atoms with Crippen LogP contribution in [-0.2, 0) is 8.69 Å². The molecule has 0 spiro atoms. The lowest BCUT2D eigenvalue weighted by atomic mass is 10.9. The molecule has 0 bridgehead atoms. The predicted octanol–water partition coefficient (Wildman–Crippen LogP) is 4.31. The van der Waals surface area contributed by atoms with Gasteiger partial charge in [-0.25, -0.2) is 0 Å². The minimum Gasteiger partial charge on any atom is -0.456 e. The summed E-state index contributed by atoms with van der Waals surface area (Å²) in [4.78, 5) is 10.00. The molecule has 2 N–H and O–H groups in total.